The molecule has 8 heteroatoms. The third kappa shape index (κ3) is 6.52. The van der Waals surface area contributed by atoms with Gasteiger partial charge in [0.2, 0.25) is 5.60 Å². The lowest BCUT2D eigenvalue weighted by Gasteiger charge is -2.25. The zero-order valence-corrected chi connectivity index (χ0v) is 21.3. The van der Waals surface area contributed by atoms with Crippen LogP contribution in [0.1, 0.15) is 32.3 Å². The number of fused-ring (bicyclic) bond motifs is 1. The topological polar surface area (TPSA) is 94.3 Å². The van der Waals surface area contributed by atoms with Crippen LogP contribution in [0.2, 0.25) is 0 Å². The van der Waals surface area contributed by atoms with Crippen LogP contribution in [0, 0.1) is 0 Å². The van der Waals surface area contributed by atoms with Gasteiger partial charge in [0.25, 0.3) is 6.01 Å². The van der Waals surface area contributed by atoms with Crippen LogP contribution < -0.4 is 19.1 Å². The van der Waals surface area contributed by atoms with Crippen LogP contribution in [0.3, 0.4) is 0 Å². The molecule has 0 aliphatic rings. The molecular formula is C29H32N2O6. The second-order valence-electron chi connectivity index (χ2n) is 8.90. The van der Waals surface area contributed by atoms with Crippen molar-refractivity contribution in [2.75, 3.05) is 25.2 Å². The number of carboxylic acid groups (broad SMARTS) is 1. The number of ether oxygens (including phenoxy) is 3. The molecule has 1 atom stereocenters. The number of carbonyl (C=O) groups is 1. The third-order valence-electron chi connectivity index (χ3n) is 6.20. The van der Waals surface area contributed by atoms with Gasteiger partial charge in [0.15, 0.2) is 5.58 Å². The Kier molecular flexibility index (Phi) is 8.18. The molecule has 1 N–H and O–H groups in total. The Balaban J connectivity index is 1.48. The molecule has 4 rings (SSSR count). The third-order valence-corrected chi connectivity index (χ3v) is 6.20. The minimum absolute atomic E-state index is 0.343. The molecular weight excluding hydrogens is 472 g/mol. The fourth-order valence-electron chi connectivity index (χ4n) is 3.81. The Morgan fingerprint density at radius 3 is 2.49 bits per heavy atom. The van der Waals surface area contributed by atoms with Gasteiger partial charge in [-0.2, -0.15) is 4.98 Å². The average Bonchev–Trinajstić information content (AvgIpc) is 3.35. The Hall–Kier alpha value is -4.20. The fraction of sp³-hybridized carbons (Fsp3) is 0.310. The summed E-state index contributed by atoms with van der Waals surface area (Å²) in [5.74, 6) is 1.06. The van der Waals surface area contributed by atoms with E-state index in [1.807, 2.05) is 71.6 Å². The molecule has 0 aliphatic carbocycles. The summed E-state index contributed by atoms with van der Waals surface area (Å²) in [4.78, 5) is 18.4. The Bertz CT molecular complexity index is 1290. The molecule has 0 unspecified atom stereocenters. The lowest BCUT2D eigenvalue weighted by molar-refractivity contribution is -0.154. The van der Waals surface area contributed by atoms with E-state index in [0.717, 1.165) is 29.0 Å². The first-order valence-corrected chi connectivity index (χ1v) is 12.3. The van der Waals surface area contributed by atoms with Gasteiger partial charge < -0.3 is 28.6 Å². The summed E-state index contributed by atoms with van der Waals surface area (Å²) in [6.07, 6.45) is 1.07. The van der Waals surface area contributed by atoms with Crippen molar-refractivity contribution in [3.8, 4) is 17.2 Å². The standard InChI is InChI=1S/C29H32N2O6/c1-4-29(2,27(32)33)37-24-10-7-9-21(19-24)20-31(28-30-25-11-5-6-12-26(25)36-28)17-8-18-35-23-15-13-22(34-3)14-16-23/h5-7,9-16,19H,4,8,17-18,20H2,1-3H3,(H,32,33)/t29-/m1/s1. The monoisotopic (exact) mass is 504 g/mol. The van der Waals surface area contributed by atoms with Crippen LogP contribution in [-0.4, -0.2) is 41.9 Å². The van der Waals surface area contributed by atoms with Crippen molar-refractivity contribution in [1.82, 2.24) is 4.98 Å². The summed E-state index contributed by atoms with van der Waals surface area (Å²) in [7, 11) is 1.63. The zero-order valence-electron chi connectivity index (χ0n) is 21.3. The van der Waals surface area contributed by atoms with E-state index in [-0.39, 0.29) is 0 Å². The lowest BCUT2D eigenvalue weighted by atomic mass is 10.0. The second-order valence-corrected chi connectivity index (χ2v) is 8.90. The number of para-hydroxylation sites is 2. The van der Waals surface area contributed by atoms with Crippen LogP contribution in [0.4, 0.5) is 6.01 Å². The van der Waals surface area contributed by atoms with E-state index in [4.69, 9.17) is 18.6 Å². The molecule has 0 fully saturated rings. The highest BCUT2D eigenvalue weighted by molar-refractivity contribution is 5.77. The molecule has 0 spiro atoms. The highest BCUT2D eigenvalue weighted by atomic mass is 16.5. The number of nitrogens with zero attached hydrogens (tertiary/aromatic N) is 2. The van der Waals surface area contributed by atoms with Gasteiger partial charge in [0, 0.05) is 13.1 Å². The molecule has 0 amide bonds. The highest BCUT2D eigenvalue weighted by Gasteiger charge is 2.33. The maximum atomic E-state index is 11.7. The molecule has 0 saturated heterocycles. The van der Waals surface area contributed by atoms with Crippen molar-refractivity contribution in [3.63, 3.8) is 0 Å². The SMILES string of the molecule is CC[C@@](C)(Oc1cccc(CN(CCCOc2ccc(OC)cc2)c2nc3ccccc3o2)c1)C(=O)O. The van der Waals surface area contributed by atoms with Gasteiger partial charge in [-0.15, -0.1) is 0 Å². The molecule has 37 heavy (non-hydrogen) atoms. The Labute approximate surface area is 216 Å². The number of benzene rings is 3. The summed E-state index contributed by atoms with van der Waals surface area (Å²) < 4.78 is 23.0. The minimum Gasteiger partial charge on any atom is -0.497 e. The minimum atomic E-state index is -1.29. The predicted molar refractivity (Wildman–Crippen MR) is 142 cm³/mol. The number of carboxylic acids is 1. The van der Waals surface area contributed by atoms with Gasteiger partial charge in [-0.3, -0.25) is 0 Å². The first-order chi connectivity index (χ1) is 17.9. The van der Waals surface area contributed by atoms with Gasteiger partial charge in [-0.1, -0.05) is 31.2 Å². The summed E-state index contributed by atoms with van der Waals surface area (Å²) in [5, 5.41) is 9.58. The number of anilines is 1. The van der Waals surface area contributed by atoms with Crippen LogP contribution >= 0.6 is 0 Å². The van der Waals surface area contributed by atoms with E-state index in [1.54, 1.807) is 27.0 Å². The smallest absolute Gasteiger partial charge is 0.347 e. The van der Waals surface area contributed by atoms with Crippen LogP contribution in [0.5, 0.6) is 17.2 Å². The van der Waals surface area contributed by atoms with E-state index < -0.39 is 11.6 Å². The maximum absolute atomic E-state index is 11.7. The number of oxazole rings is 1. The summed E-state index contributed by atoms with van der Waals surface area (Å²) in [6.45, 7) is 5.02. The number of aliphatic carboxylic acids is 1. The molecule has 8 nitrogen and oxygen atoms in total. The molecule has 194 valence electrons. The lowest BCUT2D eigenvalue weighted by Crippen LogP contribution is -2.40. The normalized spacial score (nSPS) is 12.6. The largest absolute Gasteiger partial charge is 0.497 e. The number of methoxy groups -OCH3 is 1. The van der Waals surface area contributed by atoms with Crippen LogP contribution in [0.25, 0.3) is 11.1 Å². The molecule has 0 radical (unpaired) electrons. The van der Waals surface area contributed by atoms with E-state index in [9.17, 15) is 9.90 Å². The first-order valence-electron chi connectivity index (χ1n) is 12.3. The second kappa shape index (κ2) is 11.7. The van der Waals surface area contributed by atoms with Gasteiger partial charge >= 0.3 is 5.97 Å². The van der Waals surface area contributed by atoms with Crippen molar-refractivity contribution in [3.05, 3.63) is 78.4 Å². The number of hydrogen-bond acceptors (Lipinski definition) is 7. The first kappa shape index (κ1) is 25.9. The molecule has 1 aromatic heterocycles. The van der Waals surface area contributed by atoms with Gasteiger partial charge in [-0.05, 0) is 73.9 Å². The Morgan fingerprint density at radius 1 is 1.03 bits per heavy atom. The maximum Gasteiger partial charge on any atom is 0.347 e. The molecule has 1 heterocycles. The summed E-state index contributed by atoms with van der Waals surface area (Å²) >= 11 is 0. The van der Waals surface area contributed by atoms with Gasteiger partial charge in [0.1, 0.15) is 22.8 Å². The summed E-state index contributed by atoms with van der Waals surface area (Å²) in [5.41, 5.74) is 1.15. The van der Waals surface area contributed by atoms with Crippen molar-refractivity contribution in [2.45, 2.75) is 38.8 Å². The predicted octanol–water partition coefficient (Wildman–Crippen LogP) is 5.94. The Morgan fingerprint density at radius 2 is 1.78 bits per heavy atom. The van der Waals surface area contributed by atoms with E-state index in [0.29, 0.717) is 43.5 Å². The summed E-state index contributed by atoms with van der Waals surface area (Å²) in [6, 6.07) is 23.1. The van der Waals surface area contributed by atoms with E-state index in [2.05, 4.69) is 4.98 Å². The van der Waals surface area contributed by atoms with Crippen molar-refractivity contribution >= 4 is 23.1 Å². The van der Waals surface area contributed by atoms with Crippen molar-refractivity contribution < 1.29 is 28.5 Å². The molecule has 0 bridgehead atoms. The van der Waals surface area contributed by atoms with E-state index >= 15 is 0 Å². The van der Waals surface area contributed by atoms with Gasteiger partial charge in [0.05, 0.1) is 13.7 Å². The number of rotatable bonds is 13. The van der Waals surface area contributed by atoms with Crippen molar-refractivity contribution in [2.24, 2.45) is 0 Å². The number of hydrogen-bond donors (Lipinski definition) is 1. The van der Waals surface area contributed by atoms with Gasteiger partial charge in [-0.25, -0.2) is 4.79 Å². The highest BCUT2D eigenvalue weighted by Crippen LogP contribution is 2.26. The molecule has 0 aliphatic heterocycles. The van der Waals surface area contributed by atoms with E-state index in [1.165, 1.54) is 0 Å². The fourth-order valence-corrected chi connectivity index (χ4v) is 3.81. The molecule has 0 saturated carbocycles. The van der Waals surface area contributed by atoms with Crippen molar-refractivity contribution in [1.29, 1.82) is 0 Å². The van der Waals surface area contributed by atoms with Crippen LogP contribution in [-0.2, 0) is 11.3 Å². The average molecular weight is 505 g/mol. The quantitative estimate of drug-likeness (QED) is 0.223. The number of aromatic nitrogens is 1. The zero-order chi connectivity index (χ0) is 26.3. The molecule has 3 aromatic carbocycles. The molecule has 4 aromatic rings. The van der Waals surface area contributed by atoms with Crippen LogP contribution in [0.15, 0.2) is 77.2 Å².